The Hall–Kier alpha value is -3.34. The third kappa shape index (κ3) is 5.08. The highest BCUT2D eigenvalue weighted by molar-refractivity contribution is 5.90. The van der Waals surface area contributed by atoms with Gasteiger partial charge in [0.05, 0.1) is 24.9 Å². The lowest BCUT2D eigenvalue weighted by Gasteiger charge is -2.10. The van der Waals surface area contributed by atoms with E-state index in [1.165, 1.54) is 0 Å². The summed E-state index contributed by atoms with van der Waals surface area (Å²) in [6.07, 6.45) is 1.91. The lowest BCUT2D eigenvalue weighted by molar-refractivity contribution is -0.116. The predicted octanol–water partition coefficient (Wildman–Crippen LogP) is 4.54. The number of ether oxygens (including phenoxy) is 1. The lowest BCUT2D eigenvalue weighted by atomic mass is 10.2. The fourth-order valence-corrected chi connectivity index (χ4v) is 2.39. The molecule has 3 aromatic rings. The van der Waals surface area contributed by atoms with Crippen molar-refractivity contribution in [1.29, 1.82) is 0 Å². The van der Waals surface area contributed by atoms with Gasteiger partial charge in [-0.1, -0.05) is 36.4 Å². The minimum atomic E-state index is -0.109. The van der Waals surface area contributed by atoms with E-state index in [1.807, 2.05) is 73.7 Å². The van der Waals surface area contributed by atoms with Crippen molar-refractivity contribution in [3.05, 3.63) is 78.5 Å². The van der Waals surface area contributed by atoms with E-state index in [4.69, 9.17) is 4.74 Å². The number of aromatic nitrogens is 1. The van der Waals surface area contributed by atoms with Crippen LogP contribution >= 0.6 is 0 Å². The fraction of sp³-hybridized carbons (Fsp3) is 0.143. The zero-order valence-corrected chi connectivity index (χ0v) is 14.6. The molecular formula is C21H21N3O2. The minimum Gasteiger partial charge on any atom is -0.493 e. The largest absolute Gasteiger partial charge is 0.493 e. The quantitative estimate of drug-likeness (QED) is 0.658. The average Bonchev–Trinajstić information content (AvgIpc) is 2.66. The maximum Gasteiger partial charge on any atom is 0.227 e. The standard InChI is InChI=1S/C21H21N3O2/c1-16-7-5-6-10-19(16)24-20-12-11-17(15-22-20)23-21(25)13-14-26-18-8-3-2-4-9-18/h2-12,15H,13-14H2,1H3,(H,22,24)(H,23,25). The van der Waals surface area contributed by atoms with E-state index < -0.39 is 0 Å². The molecular weight excluding hydrogens is 326 g/mol. The van der Waals surface area contributed by atoms with E-state index in [2.05, 4.69) is 15.6 Å². The number of amides is 1. The zero-order valence-electron chi connectivity index (χ0n) is 14.6. The first kappa shape index (κ1) is 17.5. The van der Waals surface area contributed by atoms with Crippen molar-refractivity contribution in [1.82, 2.24) is 4.98 Å². The van der Waals surface area contributed by atoms with Crippen LogP contribution in [0.5, 0.6) is 5.75 Å². The van der Waals surface area contributed by atoms with Crippen molar-refractivity contribution in [2.45, 2.75) is 13.3 Å². The molecule has 5 nitrogen and oxygen atoms in total. The predicted molar refractivity (Wildman–Crippen MR) is 104 cm³/mol. The van der Waals surface area contributed by atoms with Crippen molar-refractivity contribution in [3.8, 4) is 5.75 Å². The number of pyridine rings is 1. The number of carbonyl (C=O) groups excluding carboxylic acids is 1. The molecule has 1 heterocycles. The Bertz CT molecular complexity index is 849. The Kier molecular flexibility index (Phi) is 5.83. The zero-order chi connectivity index (χ0) is 18.2. The van der Waals surface area contributed by atoms with Crippen LogP contribution < -0.4 is 15.4 Å². The van der Waals surface area contributed by atoms with Gasteiger partial charge < -0.3 is 15.4 Å². The van der Waals surface area contributed by atoms with Crippen LogP contribution in [0, 0.1) is 6.92 Å². The van der Waals surface area contributed by atoms with Crippen molar-refractivity contribution in [3.63, 3.8) is 0 Å². The molecule has 0 saturated carbocycles. The molecule has 0 aliphatic carbocycles. The second-order valence-electron chi connectivity index (χ2n) is 5.83. The van der Waals surface area contributed by atoms with Gasteiger partial charge in [-0.15, -0.1) is 0 Å². The summed E-state index contributed by atoms with van der Waals surface area (Å²) < 4.78 is 5.52. The van der Waals surface area contributed by atoms with E-state index in [0.29, 0.717) is 12.3 Å². The Morgan fingerprint density at radius 3 is 2.50 bits per heavy atom. The number of benzene rings is 2. The summed E-state index contributed by atoms with van der Waals surface area (Å²) in [6, 6.07) is 21.1. The highest BCUT2D eigenvalue weighted by Gasteiger charge is 2.04. The summed E-state index contributed by atoms with van der Waals surface area (Å²) in [4.78, 5) is 16.3. The first-order valence-corrected chi connectivity index (χ1v) is 8.47. The highest BCUT2D eigenvalue weighted by atomic mass is 16.5. The molecule has 0 unspecified atom stereocenters. The van der Waals surface area contributed by atoms with Crippen LogP contribution in [0.2, 0.25) is 0 Å². The molecule has 0 atom stereocenters. The third-order valence-corrected chi connectivity index (χ3v) is 3.80. The van der Waals surface area contributed by atoms with Crippen LogP contribution in [-0.2, 0) is 4.79 Å². The SMILES string of the molecule is Cc1ccccc1Nc1ccc(NC(=O)CCOc2ccccc2)cn1. The number of nitrogens with one attached hydrogen (secondary N) is 2. The van der Waals surface area contributed by atoms with Crippen LogP contribution in [0.4, 0.5) is 17.2 Å². The number of carbonyl (C=O) groups is 1. The Balaban J connectivity index is 1.47. The van der Waals surface area contributed by atoms with Crippen LogP contribution in [0.3, 0.4) is 0 Å². The number of nitrogens with zero attached hydrogens (tertiary/aromatic N) is 1. The number of hydrogen-bond donors (Lipinski definition) is 2. The number of hydrogen-bond acceptors (Lipinski definition) is 4. The van der Waals surface area contributed by atoms with Gasteiger partial charge in [0.25, 0.3) is 0 Å². The molecule has 0 spiro atoms. The van der Waals surface area contributed by atoms with Gasteiger partial charge in [0, 0.05) is 5.69 Å². The maximum atomic E-state index is 12.0. The smallest absolute Gasteiger partial charge is 0.227 e. The van der Waals surface area contributed by atoms with Crippen LogP contribution in [0.25, 0.3) is 0 Å². The van der Waals surface area contributed by atoms with Gasteiger partial charge in [-0.25, -0.2) is 4.98 Å². The summed E-state index contributed by atoms with van der Waals surface area (Å²) in [6.45, 7) is 2.37. The van der Waals surface area contributed by atoms with Gasteiger partial charge in [0.2, 0.25) is 5.91 Å². The van der Waals surface area contributed by atoms with Crippen LogP contribution in [0.15, 0.2) is 72.9 Å². The van der Waals surface area contributed by atoms with E-state index in [-0.39, 0.29) is 12.3 Å². The molecule has 0 fully saturated rings. The number of para-hydroxylation sites is 2. The molecule has 0 bridgehead atoms. The molecule has 5 heteroatoms. The summed E-state index contributed by atoms with van der Waals surface area (Å²) >= 11 is 0. The Morgan fingerprint density at radius 2 is 1.77 bits per heavy atom. The van der Waals surface area contributed by atoms with E-state index in [9.17, 15) is 4.79 Å². The summed E-state index contributed by atoms with van der Waals surface area (Å²) in [7, 11) is 0. The molecule has 0 radical (unpaired) electrons. The van der Waals surface area contributed by atoms with Crippen LogP contribution in [0.1, 0.15) is 12.0 Å². The molecule has 1 amide bonds. The van der Waals surface area contributed by atoms with Crippen molar-refractivity contribution in [2.24, 2.45) is 0 Å². The average molecular weight is 347 g/mol. The van der Waals surface area contributed by atoms with Crippen LogP contribution in [-0.4, -0.2) is 17.5 Å². The van der Waals surface area contributed by atoms with E-state index in [1.54, 1.807) is 6.20 Å². The van der Waals surface area contributed by atoms with Crippen molar-refractivity contribution >= 4 is 23.1 Å². The molecule has 2 N–H and O–H groups in total. The van der Waals surface area contributed by atoms with Gasteiger partial charge in [-0.3, -0.25) is 4.79 Å². The highest BCUT2D eigenvalue weighted by Crippen LogP contribution is 2.19. The summed E-state index contributed by atoms with van der Waals surface area (Å²) in [5, 5.41) is 6.08. The molecule has 0 aliphatic heterocycles. The van der Waals surface area contributed by atoms with E-state index in [0.717, 1.165) is 22.8 Å². The molecule has 26 heavy (non-hydrogen) atoms. The first-order valence-electron chi connectivity index (χ1n) is 8.47. The molecule has 132 valence electrons. The van der Waals surface area contributed by atoms with Gasteiger partial charge in [0.15, 0.2) is 0 Å². The van der Waals surface area contributed by atoms with Gasteiger partial charge in [0.1, 0.15) is 11.6 Å². The molecule has 2 aromatic carbocycles. The maximum absolute atomic E-state index is 12.0. The molecule has 1 aromatic heterocycles. The summed E-state index contributed by atoms with van der Waals surface area (Å²) in [5.74, 6) is 1.38. The normalized spacial score (nSPS) is 10.2. The third-order valence-electron chi connectivity index (χ3n) is 3.80. The fourth-order valence-electron chi connectivity index (χ4n) is 2.39. The lowest BCUT2D eigenvalue weighted by Crippen LogP contribution is -2.15. The second kappa shape index (κ2) is 8.67. The molecule has 0 saturated heterocycles. The minimum absolute atomic E-state index is 0.109. The Labute approximate surface area is 153 Å². The number of anilines is 3. The number of rotatable bonds is 7. The Morgan fingerprint density at radius 1 is 1.00 bits per heavy atom. The van der Waals surface area contributed by atoms with Crippen molar-refractivity contribution in [2.75, 3.05) is 17.2 Å². The first-order chi connectivity index (χ1) is 12.7. The number of aryl methyl sites for hydroxylation is 1. The summed E-state index contributed by atoms with van der Waals surface area (Å²) in [5.41, 5.74) is 2.81. The topological polar surface area (TPSA) is 63.2 Å². The van der Waals surface area contributed by atoms with Gasteiger partial charge >= 0.3 is 0 Å². The van der Waals surface area contributed by atoms with Gasteiger partial charge in [-0.2, -0.15) is 0 Å². The monoisotopic (exact) mass is 347 g/mol. The van der Waals surface area contributed by atoms with Crippen molar-refractivity contribution < 1.29 is 9.53 Å². The molecule has 0 aliphatic rings. The molecule has 3 rings (SSSR count). The van der Waals surface area contributed by atoms with Gasteiger partial charge in [-0.05, 0) is 42.8 Å². The second-order valence-corrected chi connectivity index (χ2v) is 5.83. The van der Waals surface area contributed by atoms with E-state index >= 15 is 0 Å².